The van der Waals surface area contributed by atoms with Crippen LogP contribution >= 0.6 is 0 Å². The Labute approximate surface area is 109 Å². The van der Waals surface area contributed by atoms with Crippen LogP contribution in [0.4, 0.5) is 5.95 Å². The number of aromatic nitrogens is 2. The van der Waals surface area contributed by atoms with Gasteiger partial charge >= 0.3 is 0 Å². The van der Waals surface area contributed by atoms with Crippen molar-refractivity contribution in [1.82, 2.24) is 14.9 Å². The Bertz CT molecular complexity index is 373. The number of unbranched alkanes of at least 4 members (excludes halogenated alkanes) is 1. The quantitative estimate of drug-likeness (QED) is 0.883. The van der Waals surface area contributed by atoms with Crippen molar-refractivity contribution in [2.24, 2.45) is 5.92 Å². The van der Waals surface area contributed by atoms with Crippen LogP contribution in [0.3, 0.4) is 0 Å². The maximum absolute atomic E-state index is 4.57. The van der Waals surface area contributed by atoms with Gasteiger partial charge in [-0.25, -0.2) is 4.98 Å². The molecule has 0 spiro atoms. The number of rotatable bonds is 4. The second-order valence-electron chi connectivity index (χ2n) is 5.64. The fourth-order valence-electron chi connectivity index (χ4n) is 3.30. The van der Waals surface area contributed by atoms with Gasteiger partial charge in [0, 0.05) is 38.1 Å². The van der Waals surface area contributed by atoms with Crippen molar-refractivity contribution in [1.29, 1.82) is 0 Å². The van der Waals surface area contributed by atoms with E-state index in [4.69, 9.17) is 0 Å². The van der Waals surface area contributed by atoms with Crippen LogP contribution in [0.25, 0.3) is 0 Å². The molecule has 4 nitrogen and oxygen atoms in total. The Kier molecular flexibility index (Phi) is 3.55. The standard InChI is InChI=1S/C14H24N4/c1-2-3-8-17-9-7-16-14(17)18-10-12-5-4-6-15-13(12)11-18/h7,9,12-13,15H,2-6,8,10-11H2,1H3/t12-,13+/m0/s1. The molecule has 100 valence electrons. The highest BCUT2D eigenvalue weighted by Gasteiger charge is 2.35. The summed E-state index contributed by atoms with van der Waals surface area (Å²) in [5.41, 5.74) is 0. The summed E-state index contributed by atoms with van der Waals surface area (Å²) in [6.07, 6.45) is 9.26. The van der Waals surface area contributed by atoms with Crippen molar-refractivity contribution in [2.45, 2.75) is 45.2 Å². The summed E-state index contributed by atoms with van der Waals surface area (Å²) in [6.45, 7) is 6.85. The van der Waals surface area contributed by atoms with Crippen molar-refractivity contribution in [2.75, 3.05) is 24.5 Å². The van der Waals surface area contributed by atoms with Crippen LogP contribution in [-0.4, -0.2) is 35.2 Å². The van der Waals surface area contributed by atoms with E-state index < -0.39 is 0 Å². The van der Waals surface area contributed by atoms with E-state index in [1.165, 1.54) is 44.7 Å². The molecule has 0 unspecified atom stereocenters. The molecule has 2 aliphatic rings. The second kappa shape index (κ2) is 5.31. The predicted octanol–water partition coefficient (Wildman–Crippen LogP) is 1.87. The number of nitrogens with zero attached hydrogens (tertiary/aromatic N) is 3. The van der Waals surface area contributed by atoms with E-state index in [0.29, 0.717) is 6.04 Å². The Morgan fingerprint density at radius 3 is 3.22 bits per heavy atom. The first-order valence-electron chi connectivity index (χ1n) is 7.38. The average molecular weight is 248 g/mol. The van der Waals surface area contributed by atoms with Crippen molar-refractivity contribution >= 4 is 5.95 Å². The fourth-order valence-corrected chi connectivity index (χ4v) is 3.30. The van der Waals surface area contributed by atoms with Gasteiger partial charge in [0.2, 0.25) is 5.95 Å². The van der Waals surface area contributed by atoms with E-state index in [9.17, 15) is 0 Å². The minimum absolute atomic E-state index is 0.690. The first kappa shape index (κ1) is 12.0. The van der Waals surface area contributed by atoms with Gasteiger partial charge in [0.1, 0.15) is 0 Å². The van der Waals surface area contributed by atoms with Gasteiger partial charge in [-0.2, -0.15) is 0 Å². The topological polar surface area (TPSA) is 33.1 Å². The molecule has 1 N–H and O–H groups in total. The number of hydrogen-bond acceptors (Lipinski definition) is 3. The molecule has 4 heteroatoms. The summed E-state index contributed by atoms with van der Waals surface area (Å²) in [5.74, 6) is 2.01. The molecule has 2 fully saturated rings. The van der Waals surface area contributed by atoms with Crippen LogP contribution in [0.1, 0.15) is 32.6 Å². The monoisotopic (exact) mass is 248 g/mol. The molecule has 1 aromatic rings. The maximum Gasteiger partial charge on any atom is 0.205 e. The summed E-state index contributed by atoms with van der Waals surface area (Å²) < 4.78 is 2.32. The van der Waals surface area contributed by atoms with Gasteiger partial charge in [-0.3, -0.25) is 0 Å². The first-order valence-corrected chi connectivity index (χ1v) is 7.38. The van der Waals surface area contributed by atoms with Crippen LogP contribution in [0.2, 0.25) is 0 Å². The minimum atomic E-state index is 0.690. The molecule has 0 amide bonds. The van der Waals surface area contributed by atoms with Gasteiger partial charge in [0.05, 0.1) is 0 Å². The molecule has 0 saturated carbocycles. The lowest BCUT2D eigenvalue weighted by atomic mass is 9.94. The van der Waals surface area contributed by atoms with Crippen LogP contribution in [0.15, 0.2) is 12.4 Å². The second-order valence-corrected chi connectivity index (χ2v) is 5.64. The summed E-state index contributed by atoms with van der Waals surface area (Å²) in [7, 11) is 0. The van der Waals surface area contributed by atoms with Gasteiger partial charge in [0.25, 0.3) is 0 Å². The summed E-state index contributed by atoms with van der Waals surface area (Å²) in [5, 5.41) is 3.66. The molecule has 2 saturated heterocycles. The normalized spacial score (nSPS) is 27.5. The third kappa shape index (κ3) is 2.26. The molecule has 3 heterocycles. The molecule has 18 heavy (non-hydrogen) atoms. The lowest BCUT2D eigenvalue weighted by molar-refractivity contribution is 0.340. The zero-order valence-corrected chi connectivity index (χ0v) is 11.3. The number of nitrogens with one attached hydrogen (secondary N) is 1. The van der Waals surface area contributed by atoms with Gasteiger partial charge in [-0.15, -0.1) is 0 Å². The zero-order valence-electron chi connectivity index (χ0n) is 11.3. The number of piperidine rings is 1. The smallest absolute Gasteiger partial charge is 0.205 e. The summed E-state index contributed by atoms with van der Waals surface area (Å²) in [6, 6.07) is 0.690. The van der Waals surface area contributed by atoms with Crippen molar-refractivity contribution in [3.8, 4) is 0 Å². The average Bonchev–Trinajstić information content (AvgIpc) is 3.01. The van der Waals surface area contributed by atoms with E-state index >= 15 is 0 Å². The number of anilines is 1. The first-order chi connectivity index (χ1) is 8.88. The third-order valence-corrected chi connectivity index (χ3v) is 4.33. The Morgan fingerprint density at radius 2 is 2.39 bits per heavy atom. The molecule has 2 atom stereocenters. The SMILES string of the molecule is CCCCn1ccnc1N1C[C@@H]2CCCN[C@@H]2C1. The minimum Gasteiger partial charge on any atom is -0.340 e. The molecule has 2 aliphatic heterocycles. The van der Waals surface area contributed by atoms with Gasteiger partial charge in [0.15, 0.2) is 0 Å². The Hall–Kier alpha value is -1.03. The largest absolute Gasteiger partial charge is 0.340 e. The van der Waals surface area contributed by atoms with Gasteiger partial charge < -0.3 is 14.8 Å². The highest BCUT2D eigenvalue weighted by Crippen LogP contribution is 2.28. The molecule has 0 bridgehead atoms. The highest BCUT2D eigenvalue weighted by molar-refractivity contribution is 5.34. The molecule has 0 aromatic carbocycles. The van der Waals surface area contributed by atoms with E-state index in [1.807, 2.05) is 6.20 Å². The highest BCUT2D eigenvalue weighted by atomic mass is 15.3. The van der Waals surface area contributed by atoms with Crippen LogP contribution in [-0.2, 0) is 6.54 Å². The van der Waals surface area contributed by atoms with Crippen LogP contribution in [0, 0.1) is 5.92 Å². The van der Waals surface area contributed by atoms with E-state index in [0.717, 1.165) is 19.0 Å². The molecular weight excluding hydrogens is 224 g/mol. The lowest BCUT2D eigenvalue weighted by Gasteiger charge is -2.24. The van der Waals surface area contributed by atoms with Crippen molar-refractivity contribution in [3.05, 3.63) is 12.4 Å². The predicted molar refractivity (Wildman–Crippen MR) is 73.9 cm³/mol. The number of aryl methyl sites for hydroxylation is 1. The van der Waals surface area contributed by atoms with Gasteiger partial charge in [-0.05, 0) is 31.7 Å². The number of imidazole rings is 1. The Balaban J connectivity index is 1.69. The van der Waals surface area contributed by atoms with Crippen molar-refractivity contribution < 1.29 is 0 Å². The molecule has 3 rings (SSSR count). The van der Waals surface area contributed by atoms with E-state index in [1.54, 1.807) is 0 Å². The van der Waals surface area contributed by atoms with Gasteiger partial charge in [-0.1, -0.05) is 13.3 Å². The van der Waals surface area contributed by atoms with Crippen LogP contribution in [0.5, 0.6) is 0 Å². The number of fused-ring (bicyclic) bond motifs is 1. The molecule has 1 aromatic heterocycles. The molecular formula is C14H24N4. The zero-order chi connectivity index (χ0) is 12.4. The number of hydrogen-bond donors (Lipinski definition) is 1. The molecule has 0 radical (unpaired) electrons. The van der Waals surface area contributed by atoms with E-state index in [-0.39, 0.29) is 0 Å². The Morgan fingerprint density at radius 1 is 1.44 bits per heavy atom. The lowest BCUT2D eigenvalue weighted by Crippen LogP contribution is -2.40. The van der Waals surface area contributed by atoms with Crippen molar-refractivity contribution in [3.63, 3.8) is 0 Å². The van der Waals surface area contributed by atoms with E-state index in [2.05, 4.69) is 32.9 Å². The molecule has 0 aliphatic carbocycles. The van der Waals surface area contributed by atoms with Crippen LogP contribution < -0.4 is 10.2 Å². The maximum atomic E-state index is 4.57. The summed E-state index contributed by atoms with van der Waals surface area (Å²) in [4.78, 5) is 7.05. The third-order valence-electron chi connectivity index (χ3n) is 4.33. The summed E-state index contributed by atoms with van der Waals surface area (Å²) >= 11 is 0. The fraction of sp³-hybridized carbons (Fsp3) is 0.786.